The van der Waals surface area contributed by atoms with Gasteiger partial charge in [-0.2, -0.15) is 0 Å². The Labute approximate surface area is 114 Å². The van der Waals surface area contributed by atoms with E-state index < -0.39 is 0 Å². The van der Waals surface area contributed by atoms with E-state index in [2.05, 4.69) is 23.9 Å². The van der Waals surface area contributed by atoms with Crippen LogP contribution in [0.25, 0.3) is 0 Å². The first-order valence-electron chi connectivity index (χ1n) is 7.01. The van der Waals surface area contributed by atoms with Crippen molar-refractivity contribution in [2.75, 3.05) is 33.8 Å². The molecule has 4 heteroatoms. The van der Waals surface area contributed by atoms with Crippen molar-refractivity contribution in [3.63, 3.8) is 0 Å². The van der Waals surface area contributed by atoms with Crippen LogP contribution in [0, 0.1) is 0 Å². The smallest absolute Gasteiger partial charge is 0.127 e. The van der Waals surface area contributed by atoms with Crippen molar-refractivity contribution in [1.29, 1.82) is 0 Å². The van der Waals surface area contributed by atoms with Crippen molar-refractivity contribution >= 4 is 0 Å². The van der Waals surface area contributed by atoms with Crippen molar-refractivity contribution in [3.05, 3.63) is 23.8 Å². The summed E-state index contributed by atoms with van der Waals surface area (Å²) in [6.07, 6.45) is 2.52. The van der Waals surface area contributed by atoms with Gasteiger partial charge < -0.3 is 14.7 Å². The van der Waals surface area contributed by atoms with Crippen molar-refractivity contribution < 1.29 is 9.84 Å². The van der Waals surface area contributed by atoms with E-state index in [0.717, 1.165) is 12.3 Å². The zero-order valence-corrected chi connectivity index (χ0v) is 11.7. The molecule has 2 unspecified atom stereocenters. The van der Waals surface area contributed by atoms with Gasteiger partial charge >= 0.3 is 0 Å². The van der Waals surface area contributed by atoms with Gasteiger partial charge in [-0.05, 0) is 45.6 Å². The minimum atomic E-state index is 0.277. The highest BCUT2D eigenvalue weighted by atomic mass is 16.5. The molecule has 0 amide bonds. The number of fused-ring (bicyclic) bond motifs is 1. The number of benzene rings is 1. The van der Waals surface area contributed by atoms with Gasteiger partial charge in [-0.1, -0.05) is 0 Å². The summed E-state index contributed by atoms with van der Waals surface area (Å²) in [5.74, 6) is 1.11. The minimum Gasteiger partial charge on any atom is -0.508 e. The molecule has 0 saturated carbocycles. The maximum atomic E-state index is 9.50. The maximum absolute atomic E-state index is 9.50. The summed E-state index contributed by atoms with van der Waals surface area (Å²) in [5.41, 5.74) is 1.20. The number of phenols is 1. The Kier molecular flexibility index (Phi) is 3.37. The van der Waals surface area contributed by atoms with Gasteiger partial charge in [0, 0.05) is 24.2 Å². The first kappa shape index (κ1) is 12.8. The van der Waals surface area contributed by atoms with Crippen LogP contribution in [0.1, 0.15) is 24.4 Å². The van der Waals surface area contributed by atoms with E-state index in [-0.39, 0.29) is 5.75 Å². The highest BCUT2D eigenvalue weighted by molar-refractivity contribution is 5.44. The van der Waals surface area contributed by atoms with Gasteiger partial charge in [-0.3, -0.25) is 4.90 Å². The van der Waals surface area contributed by atoms with Crippen LogP contribution in [0.3, 0.4) is 0 Å². The summed E-state index contributed by atoms with van der Waals surface area (Å²) in [6, 6.07) is 6.36. The van der Waals surface area contributed by atoms with Crippen molar-refractivity contribution in [2.24, 2.45) is 0 Å². The molecule has 1 fully saturated rings. The molecule has 0 bridgehead atoms. The lowest BCUT2D eigenvalue weighted by Crippen LogP contribution is -2.46. The first-order chi connectivity index (χ1) is 9.15. The fourth-order valence-electron chi connectivity index (χ4n) is 3.24. The molecular formula is C15H22N2O2. The quantitative estimate of drug-likeness (QED) is 0.882. The molecule has 19 heavy (non-hydrogen) atoms. The number of nitrogens with zero attached hydrogens (tertiary/aromatic N) is 2. The summed E-state index contributed by atoms with van der Waals surface area (Å²) in [6.45, 7) is 3.02. The second kappa shape index (κ2) is 5.02. The topological polar surface area (TPSA) is 35.9 Å². The van der Waals surface area contributed by atoms with Gasteiger partial charge in [-0.25, -0.2) is 0 Å². The summed E-state index contributed by atoms with van der Waals surface area (Å²) < 4.78 is 5.72. The lowest BCUT2D eigenvalue weighted by atomic mass is 10.0. The third-order valence-electron chi connectivity index (χ3n) is 4.42. The van der Waals surface area contributed by atoms with Gasteiger partial charge in [0.1, 0.15) is 18.1 Å². The molecule has 0 aliphatic carbocycles. The largest absolute Gasteiger partial charge is 0.508 e. The van der Waals surface area contributed by atoms with Crippen LogP contribution in [0.5, 0.6) is 11.5 Å². The highest BCUT2D eigenvalue weighted by Crippen LogP contribution is 2.38. The molecule has 4 nitrogen and oxygen atoms in total. The second-order valence-electron chi connectivity index (χ2n) is 5.77. The van der Waals surface area contributed by atoms with E-state index in [1.807, 2.05) is 6.07 Å². The van der Waals surface area contributed by atoms with E-state index >= 15 is 0 Å². The van der Waals surface area contributed by atoms with Crippen molar-refractivity contribution in [3.8, 4) is 11.5 Å². The SMILES string of the molecule is CN1CCCC(N(C)C2COc3cc(O)ccc32)C1. The molecule has 2 aliphatic rings. The maximum Gasteiger partial charge on any atom is 0.127 e. The predicted molar refractivity (Wildman–Crippen MR) is 74.6 cm³/mol. The first-order valence-corrected chi connectivity index (χ1v) is 7.01. The molecule has 2 aliphatic heterocycles. The Hall–Kier alpha value is -1.26. The highest BCUT2D eigenvalue weighted by Gasteiger charge is 2.32. The Morgan fingerprint density at radius 1 is 1.42 bits per heavy atom. The van der Waals surface area contributed by atoms with Gasteiger partial charge in [0.25, 0.3) is 0 Å². The summed E-state index contributed by atoms with van der Waals surface area (Å²) >= 11 is 0. The van der Waals surface area contributed by atoms with Crippen molar-refractivity contribution in [1.82, 2.24) is 9.80 Å². The number of ether oxygens (including phenoxy) is 1. The Bertz CT molecular complexity index is 463. The second-order valence-corrected chi connectivity index (χ2v) is 5.77. The minimum absolute atomic E-state index is 0.277. The molecule has 1 aromatic rings. The van der Waals surface area contributed by atoms with Crippen molar-refractivity contribution in [2.45, 2.75) is 24.9 Å². The molecule has 2 heterocycles. The van der Waals surface area contributed by atoms with E-state index in [1.54, 1.807) is 12.1 Å². The fraction of sp³-hybridized carbons (Fsp3) is 0.600. The molecule has 1 saturated heterocycles. The summed E-state index contributed by atoms with van der Waals surface area (Å²) in [5, 5.41) is 9.50. The third kappa shape index (κ3) is 2.42. The molecule has 0 aromatic heterocycles. The Balaban J connectivity index is 1.77. The van der Waals surface area contributed by atoms with E-state index in [0.29, 0.717) is 18.7 Å². The molecular weight excluding hydrogens is 240 g/mol. The number of phenolic OH excluding ortho intramolecular Hbond substituents is 1. The van der Waals surface area contributed by atoms with Gasteiger partial charge in [0.05, 0.1) is 6.04 Å². The Morgan fingerprint density at radius 2 is 2.26 bits per heavy atom. The molecule has 0 spiro atoms. The molecule has 104 valence electrons. The van der Waals surface area contributed by atoms with Gasteiger partial charge in [0.2, 0.25) is 0 Å². The number of likely N-dealkylation sites (N-methyl/N-ethyl adjacent to an activating group) is 2. The standard InChI is InChI=1S/C15H22N2O2/c1-16-7-3-4-11(9-16)17(2)14-10-19-15-8-12(18)5-6-13(14)15/h5-6,8,11,14,18H,3-4,7,9-10H2,1-2H3. The van der Waals surface area contributed by atoms with Gasteiger partial charge in [-0.15, -0.1) is 0 Å². The fourth-order valence-corrected chi connectivity index (χ4v) is 3.24. The van der Waals surface area contributed by atoms with Crippen LogP contribution >= 0.6 is 0 Å². The third-order valence-corrected chi connectivity index (χ3v) is 4.42. The molecule has 2 atom stereocenters. The normalized spacial score (nSPS) is 27.3. The summed E-state index contributed by atoms with van der Waals surface area (Å²) in [7, 11) is 4.39. The predicted octanol–water partition coefficient (Wildman–Crippen LogP) is 1.85. The van der Waals surface area contributed by atoms with Crippen LogP contribution in [0.2, 0.25) is 0 Å². The molecule has 1 aromatic carbocycles. The Morgan fingerprint density at radius 3 is 3.05 bits per heavy atom. The number of likely N-dealkylation sites (tertiary alicyclic amines) is 1. The van der Waals surface area contributed by atoms with Crippen LogP contribution < -0.4 is 4.74 Å². The number of hydrogen-bond acceptors (Lipinski definition) is 4. The van der Waals surface area contributed by atoms with E-state index in [4.69, 9.17) is 4.74 Å². The molecule has 1 N–H and O–H groups in total. The average Bonchev–Trinajstić information content (AvgIpc) is 2.80. The average molecular weight is 262 g/mol. The molecule has 0 radical (unpaired) electrons. The van der Waals surface area contributed by atoms with Crippen LogP contribution in [-0.2, 0) is 0 Å². The number of rotatable bonds is 2. The van der Waals surface area contributed by atoms with Crippen LogP contribution in [0.4, 0.5) is 0 Å². The van der Waals surface area contributed by atoms with E-state index in [1.165, 1.54) is 24.9 Å². The number of piperidine rings is 1. The van der Waals surface area contributed by atoms with E-state index in [9.17, 15) is 5.11 Å². The zero-order chi connectivity index (χ0) is 13.4. The molecule has 3 rings (SSSR count). The number of aromatic hydroxyl groups is 1. The van der Waals surface area contributed by atoms with Gasteiger partial charge in [0.15, 0.2) is 0 Å². The lowest BCUT2D eigenvalue weighted by molar-refractivity contribution is 0.0872. The summed E-state index contributed by atoms with van der Waals surface area (Å²) in [4.78, 5) is 4.84. The van der Waals surface area contributed by atoms with Crippen LogP contribution in [0.15, 0.2) is 18.2 Å². The zero-order valence-electron chi connectivity index (χ0n) is 11.7. The number of hydrogen-bond donors (Lipinski definition) is 1. The lowest BCUT2D eigenvalue weighted by Gasteiger charge is -2.38. The monoisotopic (exact) mass is 262 g/mol. The van der Waals surface area contributed by atoms with Crippen LogP contribution in [-0.4, -0.2) is 54.7 Å².